The van der Waals surface area contributed by atoms with E-state index in [9.17, 15) is 13.6 Å². The summed E-state index contributed by atoms with van der Waals surface area (Å²) in [6.07, 6.45) is 0. The van der Waals surface area contributed by atoms with E-state index < -0.39 is 17.5 Å². The van der Waals surface area contributed by atoms with Gasteiger partial charge in [-0.2, -0.15) is 0 Å². The number of carbonyl (C=O) groups is 1. The highest BCUT2D eigenvalue weighted by molar-refractivity contribution is 5.92. The van der Waals surface area contributed by atoms with Crippen molar-refractivity contribution in [1.29, 1.82) is 0 Å². The van der Waals surface area contributed by atoms with Crippen molar-refractivity contribution < 1.29 is 13.6 Å². The standard InChI is InChI=1S/C11H14F2N2O/c1-3-14-6-9(16)15-11-8(12)5-4-7(2)10(11)13/h4-5,14H,3,6H2,1-2H3,(H,15,16). The molecule has 0 radical (unpaired) electrons. The minimum atomic E-state index is -0.770. The summed E-state index contributed by atoms with van der Waals surface area (Å²) in [5.74, 6) is -1.97. The molecule has 88 valence electrons. The number of hydrogen-bond donors (Lipinski definition) is 2. The summed E-state index contributed by atoms with van der Waals surface area (Å²) in [6.45, 7) is 3.99. The van der Waals surface area contributed by atoms with E-state index in [1.165, 1.54) is 13.0 Å². The zero-order chi connectivity index (χ0) is 12.1. The summed E-state index contributed by atoms with van der Waals surface area (Å²) < 4.78 is 26.7. The van der Waals surface area contributed by atoms with Gasteiger partial charge in [-0.15, -0.1) is 0 Å². The van der Waals surface area contributed by atoms with E-state index in [1.807, 2.05) is 6.92 Å². The van der Waals surface area contributed by atoms with Gasteiger partial charge in [0.1, 0.15) is 11.5 Å². The number of benzene rings is 1. The Bertz CT molecular complexity index is 394. The number of likely N-dealkylation sites (N-methyl/N-ethyl adjacent to an activating group) is 1. The number of aryl methyl sites for hydroxylation is 1. The fourth-order valence-corrected chi connectivity index (χ4v) is 1.19. The van der Waals surface area contributed by atoms with Crippen LogP contribution >= 0.6 is 0 Å². The number of halogens is 2. The summed E-state index contributed by atoms with van der Waals surface area (Å²) >= 11 is 0. The highest BCUT2D eigenvalue weighted by Crippen LogP contribution is 2.21. The Morgan fingerprint density at radius 3 is 2.69 bits per heavy atom. The largest absolute Gasteiger partial charge is 0.320 e. The van der Waals surface area contributed by atoms with Crippen LogP contribution in [0.5, 0.6) is 0 Å². The van der Waals surface area contributed by atoms with E-state index in [4.69, 9.17) is 0 Å². The van der Waals surface area contributed by atoms with Gasteiger partial charge in [-0.1, -0.05) is 13.0 Å². The van der Waals surface area contributed by atoms with E-state index in [1.54, 1.807) is 0 Å². The zero-order valence-corrected chi connectivity index (χ0v) is 9.23. The maximum atomic E-state index is 13.5. The van der Waals surface area contributed by atoms with Crippen LogP contribution in [0.1, 0.15) is 12.5 Å². The monoisotopic (exact) mass is 228 g/mol. The van der Waals surface area contributed by atoms with Crippen LogP contribution in [0, 0.1) is 18.6 Å². The molecule has 5 heteroatoms. The van der Waals surface area contributed by atoms with Gasteiger partial charge in [0.2, 0.25) is 5.91 Å². The zero-order valence-electron chi connectivity index (χ0n) is 9.23. The lowest BCUT2D eigenvalue weighted by Crippen LogP contribution is -2.28. The van der Waals surface area contributed by atoms with Crippen LogP contribution in [0.25, 0.3) is 0 Å². The SMILES string of the molecule is CCNCC(=O)Nc1c(F)ccc(C)c1F. The van der Waals surface area contributed by atoms with Crippen molar-refractivity contribution in [2.75, 3.05) is 18.4 Å². The van der Waals surface area contributed by atoms with Crippen LogP contribution in [0.2, 0.25) is 0 Å². The van der Waals surface area contributed by atoms with E-state index in [0.717, 1.165) is 6.07 Å². The number of carbonyl (C=O) groups excluding carboxylic acids is 1. The maximum Gasteiger partial charge on any atom is 0.238 e. The first-order valence-electron chi connectivity index (χ1n) is 5.01. The third-order valence-electron chi connectivity index (χ3n) is 2.08. The molecule has 0 aliphatic carbocycles. The summed E-state index contributed by atoms with van der Waals surface area (Å²) in [7, 11) is 0. The molecule has 1 aromatic carbocycles. The first-order valence-corrected chi connectivity index (χ1v) is 5.01. The van der Waals surface area contributed by atoms with E-state index in [-0.39, 0.29) is 12.2 Å². The second kappa shape index (κ2) is 5.55. The van der Waals surface area contributed by atoms with Gasteiger partial charge in [0.25, 0.3) is 0 Å². The van der Waals surface area contributed by atoms with Crippen molar-refractivity contribution in [3.8, 4) is 0 Å². The van der Waals surface area contributed by atoms with Crippen LogP contribution in [-0.4, -0.2) is 19.0 Å². The summed E-state index contributed by atoms with van der Waals surface area (Å²) in [6, 6.07) is 2.45. The molecule has 0 unspecified atom stereocenters. The van der Waals surface area contributed by atoms with Crippen LogP contribution in [-0.2, 0) is 4.79 Å². The van der Waals surface area contributed by atoms with E-state index in [0.29, 0.717) is 12.1 Å². The van der Waals surface area contributed by atoms with Crippen LogP contribution in [0.15, 0.2) is 12.1 Å². The smallest absolute Gasteiger partial charge is 0.238 e. The molecule has 3 nitrogen and oxygen atoms in total. The van der Waals surface area contributed by atoms with Gasteiger partial charge in [-0.05, 0) is 25.1 Å². The third-order valence-corrected chi connectivity index (χ3v) is 2.08. The number of amides is 1. The van der Waals surface area contributed by atoms with Crippen molar-refractivity contribution in [2.45, 2.75) is 13.8 Å². The molecule has 0 aliphatic heterocycles. The number of nitrogens with one attached hydrogen (secondary N) is 2. The average molecular weight is 228 g/mol. The highest BCUT2D eigenvalue weighted by Gasteiger charge is 2.13. The lowest BCUT2D eigenvalue weighted by atomic mass is 10.2. The summed E-state index contributed by atoms with van der Waals surface area (Å²) in [4.78, 5) is 11.3. The molecular weight excluding hydrogens is 214 g/mol. The van der Waals surface area contributed by atoms with Gasteiger partial charge in [-0.3, -0.25) is 4.79 Å². The lowest BCUT2D eigenvalue weighted by molar-refractivity contribution is -0.115. The molecule has 0 spiro atoms. The van der Waals surface area contributed by atoms with Crippen molar-refractivity contribution >= 4 is 11.6 Å². The normalized spacial score (nSPS) is 10.2. The average Bonchev–Trinajstić information content (AvgIpc) is 2.27. The topological polar surface area (TPSA) is 41.1 Å². The number of anilines is 1. The van der Waals surface area contributed by atoms with Gasteiger partial charge < -0.3 is 10.6 Å². The molecular formula is C11H14F2N2O. The predicted molar refractivity (Wildman–Crippen MR) is 58.3 cm³/mol. The van der Waals surface area contributed by atoms with Crippen LogP contribution in [0.4, 0.5) is 14.5 Å². The number of rotatable bonds is 4. The van der Waals surface area contributed by atoms with Gasteiger partial charge in [0.15, 0.2) is 5.82 Å². The second-order valence-corrected chi connectivity index (χ2v) is 3.38. The van der Waals surface area contributed by atoms with Crippen molar-refractivity contribution in [1.82, 2.24) is 5.32 Å². The van der Waals surface area contributed by atoms with Gasteiger partial charge >= 0.3 is 0 Å². The predicted octanol–water partition coefficient (Wildman–Crippen LogP) is 1.82. The summed E-state index contributed by atoms with van der Waals surface area (Å²) in [5, 5.41) is 4.97. The highest BCUT2D eigenvalue weighted by atomic mass is 19.1. The summed E-state index contributed by atoms with van der Waals surface area (Å²) in [5.41, 5.74) is -0.0944. The Kier molecular flexibility index (Phi) is 4.37. The first-order chi connectivity index (χ1) is 7.56. The van der Waals surface area contributed by atoms with E-state index >= 15 is 0 Å². The minimum Gasteiger partial charge on any atom is -0.320 e. The molecule has 0 saturated heterocycles. The Hall–Kier alpha value is -1.49. The van der Waals surface area contributed by atoms with Crippen LogP contribution < -0.4 is 10.6 Å². The molecule has 2 N–H and O–H groups in total. The lowest BCUT2D eigenvalue weighted by Gasteiger charge is -2.09. The Morgan fingerprint density at radius 1 is 1.38 bits per heavy atom. The van der Waals surface area contributed by atoms with E-state index in [2.05, 4.69) is 10.6 Å². The molecule has 0 aliphatic rings. The number of hydrogen-bond acceptors (Lipinski definition) is 2. The van der Waals surface area contributed by atoms with Gasteiger partial charge in [-0.25, -0.2) is 8.78 Å². The van der Waals surface area contributed by atoms with Gasteiger partial charge in [0.05, 0.1) is 6.54 Å². The fourth-order valence-electron chi connectivity index (χ4n) is 1.19. The van der Waals surface area contributed by atoms with Crippen molar-refractivity contribution in [3.63, 3.8) is 0 Å². The molecule has 1 amide bonds. The molecule has 0 atom stereocenters. The second-order valence-electron chi connectivity index (χ2n) is 3.38. The molecule has 0 saturated carbocycles. The molecule has 0 heterocycles. The Morgan fingerprint density at radius 2 is 2.06 bits per heavy atom. The van der Waals surface area contributed by atoms with Crippen LogP contribution in [0.3, 0.4) is 0 Å². The molecule has 0 bridgehead atoms. The van der Waals surface area contributed by atoms with Crippen molar-refractivity contribution in [3.05, 3.63) is 29.3 Å². The molecule has 0 fully saturated rings. The molecule has 0 aromatic heterocycles. The Labute approximate surface area is 92.8 Å². The van der Waals surface area contributed by atoms with Crippen molar-refractivity contribution in [2.24, 2.45) is 0 Å². The maximum absolute atomic E-state index is 13.5. The molecule has 1 rings (SSSR count). The fraction of sp³-hybridized carbons (Fsp3) is 0.364. The minimum absolute atomic E-state index is 0.0311. The van der Waals surface area contributed by atoms with Gasteiger partial charge in [0, 0.05) is 0 Å². The molecule has 16 heavy (non-hydrogen) atoms. The first kappa shape index (κ1) is 12.6. The Balaban J connectivity index is 2.80. The molecule has 1 aromatic rings. The quantitative estimate of drug-likeness (QED) is 0.825. The third kappa shape index (κ3) is 3.00.